The van der Waals surface area contributed by atoms with E-state index in [9.17, 15) is 9.59 Å². The van der Waals surface area contributed by atoms with E-state index in [-0.39, 0.29) is 5.56 Å². The first-order valence-corrected chi connectivity index (χ1v) is 4.30. The van der Waals surface area contributed by atoms with E-state index in [2.05, 4.69) is 9.97 Å². The van der Waals surface area contributed by atoms with Crippen LogP contribution in [0.4, 0.5) is 0 Å². The Labute approximate surface area is 72.4 Å². The molecule has 0 saturated heterocycles. The van der Waals surface area contributed by atoms with Crippen LogP contribution in [0.25, 0.3) is 0 Å². The first-order chi connectivity index (χ1) is 5.65. The lowest BCUT2D eigenvalue weighted by Gasteiger charge is -1.95. The molecule has 0 aromatic carbocycles. The van der Waals surface area contributed by atoms with Crippen LogP contribution in [0, 0.1) is 0 Å². The van der Waals surface area contributed by atoms with Crippen LogP contribution in [0.2, 0.25) is 0 Å². The SMILES string of the molecule is CSc1ncc(C(N)=O)c(=O)[nH]1. The highest BCUT2D eigenvalue weighted by atomic mass is 32.2. The minimum absolute atomic E-state index is 0.118. The zero-order valence-electron chi connectivity index (χ0n) is 6.33. The number of aromatic amines is 1. The van der Waals surface area contributed by atoms with E-state index in [1.165, 1.54) is 18.0 Å². The maximum absolute atomic E-state index is 11.0. The first-order valence-electron chi connectivity index (χ1n) is 3.08. The van der Waals surface area contributed by atoms with Crippen molar-refractivity contribution in [2.24, 2.45) is 5.73 Å². The second-order valence-corrected chi connectivity index (χ2v) is 2.79. The number of nitrogens with two attached hydrogens (primary N) is 1. The van der Waals surface area contributed by atoms with Crippen LogP contribution in [-0.4, -0.2) is 22.1 Å². The molecule has 0 saturated carbocycles. The van der Waals surface area contributed by atoms with Gasteiger partial charge < -0.3 is 10.7 Å². The van der Waals surface area contributed by atoms with Gasteiger partial charge in [-0.2, -0.15) is 0 Å². The van der Waals surface area contributed by atoms with Crippen molar-refractivity contribution in [2.45, 2.75) is 5.16 Å². The molecule has 1 heterocycles. The molecule has 0 spiro atoms. The zero-order valence-corrected chi connectivity index (χ0v) is 7.14. The third-order valence-corrected chi connectivity index (χ3v) is 1.83. The number of H-pyrrole nitrogens is 1. The minimum atomic E-state index is -0.767. The van der Waals surface area contributed by atoms with Gasteiger partial charge in [0.2, 0.25) is 0 Å². The standard InChI is InChI=1S/C6H7N3O2S/c1-12-6-8-2-3(4(7)10)5(11)9-6/h2H,1H3,(H2,7,10)(H,8,9,11). The van der Waals surface area contributed by atoms with Gasteiger partial charge in [0.05, 0.1) is 0 Å². The minimum Gasteiger partial charge on any atom is -0.365 e. The average molecular weight is 185 g/mol. The highest BCUT2D eigenvalue weighted by molar-refractivity contribution is 7.98. The predicted octanol–water partition coefficient (Wildman–Crippen LogP) is -0.409. The number of carbonyl (C=O) groups excluding carboxylic acids is 1. The maximum Gasteiger partial charge on any atom is 0.264 e. The molecule has 12 heavy (non-hydrogen) atoms. The molecule has 0 aliphatic carbocycles. The molecule has 0 radical (unpaired) electrons. The molecule has 1 amide bonds. The number of nitrogens with one attached hydrogen (secondary N) is 1. The molecule has 0 aliphatic rings. The Hall–Kier alpha value is -1.30. The molecule has 3 N–H and O–H groups in total. The Morgan fingerprint density at radius 2 is 2.42 bits per heavy atom. The van der Waals surface area contributed by atoms with Crippen LogP contribution in [0.5, 0.6) is 0 Å². The highest BCUT2D eigenvalue weighted by Gasteiger charge is 2.06. The number of nitrogens with zero attached hydrogens (tertiary/aromatic N) is 1. The number of thioether (sulfide) groups is 1. The van der Waals surface area contributed by atoms with Crippen molar-refractivity contribution in [1.82, 2.24) is 9.97 Å². The molecular formula is C6H7N3O2S. The zero-order chi connectivity index (χ0) is 9.14. The van der Waals surface area contributed by atoms with Gasteiger partial charge in [0.25, 0.3) is 11.5 Å². The van der Waals surface area contributed by atoms with Crippen LogP contribution in [-0.2, 0) is 0 Å². The van der Waals surface area contributed by atoms with Crippen LogP contribution in [0.15, 0.2) is 16.1 Å². The summed E-state index contributed by atoms with van der Waals surface area (Å²) in [7, 11) is 0. The Morgan fingerprint density at radius 3 is 2.83 bits per heavy atom. The van der Waals surface area contributed by atoms with Crippen molar-refractivity contribution in [2.75, 3.05) is 6.26 Å². The van der Waals surface area contributed by atoms with Crippen molar-refractivity contribution in [3.05, 3.63) is 22.1 Å². The van der Waals surface area contributed by atoms with Gasteiger partial charge in [0, 0.05) is 6.20 Å². The highest BCUT2D eigenvalue weighted by Crippen LogP contribution is 2.03. The maximum atomic E-state index is 11.0. The van der Waals surface area contributed by atoms with Crippen LogP contribution < -0.4 is 11.3 Å². The van der Waals surface area contributed by atoms with Crippen LogP contribution in [0.3, 0.4) is 0 Å². The summed E-state index contributed by atoms with van der Waals surface area (Å²) in [5.74, 6) is -0.767. The van der Waals surface area contributed by atoms with Gasteiger partial charge in [-0.1, -0.05) is 11.8 Å². The molecule has 1 rings (SSSR count). The molecule has 0 aliphatic heterocycles. The summed E-state index contributed by atoms with van der Waals surface area (Å²) in [6.45, 7) is 0. The van der Waals surface area contributed by atoms with Crippen molar-refractivity contribution in [1.29, 1.82) is 0 Å². The second-order valence-electron chi connectivity index (χ2n) is 2.00. The summed E-state index contributed by atoms with van der Waals surface area (Å²) < 4.78 is 0. The Kier molecular flexibility index (Phi) is 2.49. The van der Waals surface area contributed by atoms with Gasteiger partial charge >= 0.3 is 0 Å². The fourth-order valence-electron chi connectivity index (χ4n) is 0.658. The number of carbonyl (C=O) groups is 1. The number of rotatable bonds is 2. The fourth-order valence-corrected chi connectivity index (χ4v) is 1.01. The lowest BCUT2D eigenvalue weighted by Crippen LogP contribution is -2.24. The molecule has 0 unspecified atom stereocenters. The van der Waals surface area contributed by atoms with Gasteiger partial charge in [-0.25, -0.2) is 4.98 Å². The predicted molar refractivity (Wildman–Crippen MR) is 45.2 cm³/mol. The van der Waals surface area contributed by atoms with E-state index in [0.29, 0.717) is 5.16 Å². The molecule has 0 fully saturated rings. The Balaban J connectivity index is 3.21. The molecule has 0 atom stereocenters. The van der Waals surface area contributed by atoms with Gasteiger partial charge in [0.1, 0.15) is 5.56 Å². The van der Waals surface area contributed by atoms with Gasteiger partial charge in [-0.3, -0.25) is 9.59 Å². The summed E-state index contributed by atoms with van der Waals surface area (Å²) in [4.78, 5) is 27.8. The van der Waals surface area contributed by atoms with Crippen molar-refractivity contribution in [3.8, 4) is 0 Å². The van der Waals surface area contributed by atoms with Gasteiger partial charge in [-0.05, 0) is 6.26 Å². The van der Waals surface area contributed by atoms with Gasteiger partial charge in [0.15, 0.2) is 5.16 Å². The van der Waals surface area contributed by atoms with Crippen LogP contribution in [0.1, 0.15) is 10.4 Å². The number of hydrogen-bond donors (Lipinski definition) is 2. The van der Waals surface area contributed by atoms with Gasteiger partial charge in [-0.15, -0.1) is 0 Å². The third-order valence-electron chi connectivity index (χ3n) is 1.23. The van der Waals surface area contributed by atoms with E-state index in [1.807, 2.05) is 0 Å². The number of hydrogen-bond acceptors (Lipinski definition) is 4. The molecule has 1 aromatic rings. The molecule has 6 heteroatoms. The second kappa shape index (κ2) is 3.40. The summed E-state index contributed by atoms with van der Waals surface area (Å²) in [6, 6.07) is 0. The fraction of sp³-hybridized carbons (Fsp3) is 0.167. The van der Waals surface area contributed by atoms with Crippen LogP contribution >= 0.6 is 11.8 Å². The first kappa shape index (κ1) is 8.79. The lowest BCUT2D eigenvalue weighted by molar-refractivity contribution is 0.0998. The van der Waals surface area contributed by atoms with Crippen molar-refractivity contribution >= 4 is 17.7 Å². The van der Waals surface area contributed by atoms with E-state index < -0.39 is 11.5 Å². The third kappa shape index (κ3) is 1.65. The monoisotopic (exact) mass is 185 g/mol. The van der Waals surface area contributed by atoms with E-state index in [4.69, 9.17) is 5.73 Å². The number of amides is 1. The molecule has 5 nitrogen and oxygen atoms in total. The molecule has 1 aromatic heterocycles. The Morgan fingerprint density at radius 1 is 1.75 bits per heavy atom. The van der Waals surface area contributed by atoms with E-state index in [1.54, 1.807) is 6.26 Å². The summed E-state index contributed by atoms with van der Waals surface area (Å²) in [6.07, 6.45) is 2.94. The quantitative estimate of drug-likeness (QED) is 0.484. The topological polar surface area (TPSA) is 88.8 Å². The molecule has 0 bridgehead atoms. The summed E-state index contributed by atoms with van der Waals surface area (Å²) >= 11 is 1.28. The number of primary amides is 1. The smallest absolute Gasteiger partial charge is 0.264 e. The van der Waals surface area contributed by atoms with E-state index in [0.717, 1.165) is 0 Å². The largest absolute Gasteiger partial charge is 0.365 e. The lowest BCUT2D eigenvalue weighted by atomic mass is 10.3. The normalized spacial score (nSPS) is 9.75. The van der Waals surface area contributed by atoms with E-state index >= 15 is 0 Å². The Bertz CT molecular complexity index is 360. The molecule has 64 valence electrons. The van der Waals surface area contributed by atoms with Crippen molar-refractivity contribution < 1.29 is 4.79 Å². The summed E-state index contributed by atoms with van der Waals surface area (Å²) in [5.41, 5.74) is 4.28. The van der Waals surface area contributed by atoms with Crippen molar-refractivity contribution in [3.63, 3.8) is 0 Å². The average Bonchev–Trinajstić information content (AvgIpc) is 2.03. The molecular weight excluding hydrogens is 178 g/mol. The summed E-state index contributed by atoms with van der Waals surface area (Å²) in [5, 5.41) is 0.463. The number of aromatic nitrogens is 2.